The molecule has 0 bridgehead atoms. The minimum atomic E-state index is -0.391. The standard InChI is InChI=1S/C19H14Cl2N4O2/c1-11-9-17-24(10-16(26)22-14-7-4-6-13(20)18(14)21)19(27)12-5-2-3-8-15(12)25(17)23-11/h2-9H,10H2,1H3,(H,22,26). The minimum absolute atomic E-state index is 0.179. The number of para-hydroxylation sites is 1. The number of rotatable bonds is 3. The van der Waals surface area contributed by atoms with Crippen LogP contribution in [-0.4, -0.2) is 20.1 Å². The highest BCUT2D eigenvalue weighted by Crippen LogP contribution is 2.29. The molecule has 0 saturated carbocycles. The Kier molecular flexibility index (Phi) is 4.37. The lowest BCUT2D eigenvalue weighted by Gasteiger charge is -2.12. The van der Waals surface area contributed by atoms with E-state index < -0.39 is 5.91 Å². The number of amides is 1. The molecule has 4 rings (SSSR count). The van der Waals surface area contributed by atoms with Crippen LogP contribution in [0.25, 0.3) is 16.6 Å². The number of nitrogens with one attached hydrogen (secondary N) is 1. The molecule has 0 radical (unpaired) electrons. The van der Waals surface area contributed by atoms with E-state index >= 15 is 0 Å². The first-order chi connectivity index (χ1) is 13.0. The number of halogens is 2. The van der Waals surface area contributed by atoms with Crippen molar-refractivity contribution in [1.82, 2.24) is 14.2 Å². The van der Waals surface area contributed by atoms with Crippen LogP contribution in [-0.2, 0) is 11.3 Å². The van der Waals surface area contributed by atoms with Crippen LogP contribution in [0.4, 0.5) is 5.69 Å². The summed E-state index contributed by atoms with van der Waals surface area (Å²) in [5.41, 5.74) is 2.12. The maximum atomic E-state index is 13.0. The Morgan fingerprint density at radius 3 is 2.74 bits per heavy atom. The second kappa shape index (κ2) is 6.72. The summed E-state index contributed by atoms with van der Waals surface area (Å²) < 4.78 is 3.07. The van der Waals surface area contributed by atoms with Gasteiger partial charge in [0.15, 0.2) is 0 Å². The lowest BCUT2D eigenvalue weighted by atomic mass is 10.2. The van der Waals surface area contributed by atoms with E-state index in [1.54, 1.807) is 40.9 Å². The van der Waals surface area contributed by atoms with Crippen molar-refractivity contribution < 1.29 is 4.79 Å². The van der Waals surface area contributed by atoms with E-state index in [4.69, 9.17) is 23.2 Å². The van der Waals surface area contributed by atoms with Crippen molar-refractivity contribution >= 4 is 51.3 Å². The highest BCUT2D eigenvalue weighted by atomic mass is 35.5. The Hall–Kier alpha value is -2.83. The van der Waals surface area contributed by atoms with Crippen LogP contribution >= 0.6 is 23.2 Å². The summed E-state index contributed by atoms with van der Waals surface area (Å²) in [6.07, 6.45) is 0. The molecule has 136 valence electrons. The quantitative estimate of drug-likeness (QED) is 0.566. The number of anilines is 1. The summed E-state index contributed by atoms with van der Waals surface area (Å²) in [7, 11) is 0. The monoisotopic (exact) mass is 400 g/mol. The SMILES string of the molecule is Cc1cc2n(CC(=O)Nc3cccc(Cl)c3Cl)c(=O)c3ccccc3n2n1. The highest BCUT2D eigenvalue weighted by Gasteiger charge is 2.16. The normalized spacial score (nSPS) is 11.2. The molecule has 1 N–H and O–H groups in total. The Bertz CT molecular complexity index is 1260. The van der Waals surface area contributed by atoms with Gasteiger partial charge in [0, 0.05) is 6.07 Å². The van der Waals surface area contributed by atoms with Crippen molar-refractivity contribution in [2.75, 3.05) is 5.32 Å². The lowest BCUT2D eigenvalue weighted by molar-refractivity contribution is -0.116. The maximum absolute atomic E-state index is 13.0. The number of carbonyl (C=O) groups is 1. The second-order valence-corrected chi connectivity index (χ2v) is 6.90. The Morgan fingerprint density at radius 1 is 1.15 bits per heavy atom. The molecule has 2 aromatic carbocycles. The summed E-state index contributed by atoms with van der Waals surface area (Å²) in [5, 5.41) is 8.23. The van der Waals surface area contributed by atoms with Gasteiger partial charge in [0.2, 0.25) is 5.91 Å². The number of hydrogen-bond donors (Lipinski definition) is 1. The van der Waals surface area contributed by atoms with E-state index in [1.165, 1.54) is 4.57 Å². The third-order valence-electron chi connectivity index (χ3n) is 4.22. The molecule has 27 heavy (non-hydrogen) atoms. The van der Waals surface area contributed by atoms with Crippen molar-refractivity contribution in [2.45, 2.75) is 13.5 Å². The van der Waals surface area contributed by atoms with Gasteiger partial charge >= 0.3 is 0 Å². The summed E-state index contributed by atoms with van der Waals surface area (Å²) >= 11 is 12.1. The van der Waals surface area contributed by atoms with Gasteiger partial charge in [-0.2, -0.15) is 5.10 Å². The van der Waals surface area contributed by atoms with Crippen molar-refractivity contribution in [3.63, 3.8) is 0 Å². The first kappa shape index (κ1) is 17.6. The van der Waals surface area contributed by atoms with Crippen LogP contribution in [0.15, 0.2) is 53.3 Å². The summed E-state index contributed by atoms with van der Waals surface area (Å²) in [4.78, 5) is 25.5. The largest absolute Gasteiger partial charge is 0.323 e. The Morgan fingerprint density at radius 2 is 1.93 bits per heavy atom. The fourth-order valence-electron chi connectivity index (χ4n) is 3.03. The number of aromatic nitrogens is 3. The van der Waals surface area contributed by atoms with E-state index in [0.29, 0.717) is 27.3 Å². The average Bonchev–Trinajstić information content (AvgIpc) is 3.04. The molecule has 8 heteroatoms. The van der Waals surface area contributed by atoms with Gasteiger partial charge in [-0.15, -0.1) is 0 Å². The van der Waals surface area contributed by atoms with Crippen LogP contribution in [0.3, 0.4) is 0 Å². The zero-order chi connectivity index (χ0) is 19.1. The van der Waals surface area contributed by atoms with E-state index in [0.717, 1.165) is 5.69 Å². The molecule has 0 fully saturated rings. The average molecular weight is 401 g/mol. The molecule has 0 saturated heterocycles. The molecular formula is C19H14Cl2N4O2. The predicted molar refractivity (Wildman–Crippen MR) is 107 cm³/mol. The highest BCUT2D eigenvalue weighted by molar-refractivity contribution is 6.43. The molecule has 2 heterocycles. The molecule has 0 aliphatic rings. The van der Waals surface area contributed by atoms with Crippen LogP contribution < -0.4 is 10.9 Å². The fourth-order valence-corrected chi connectivity index (χ4v) is 3.38. The number of carbonyl (C=O) groups excluding carboxylic acids is 1. The molecule has 6 nitrogen and oxygen atoms in total. The van der Waals surface area contributed by atoms with Gasteiger partial charge in [-0.3, -0.25) is 14.2 Å². The van der Waals surface area contributed by atoms with Gasteiger partial charge in [-0.05, 0) is 31.2 Å². The van der Waals surface area contributed by atoms with Crippen LogP contribution in [0, 0.1) is 6.92 Å². The topological polar surface area (TPSA) is 68.4 Å². The zero-order valence-corrected chi connectivity index (χ0v) is 15.8. The van der Waals surface area contributed by atoms with E-state index in [1.807, 2.05) is 19.1 Å². The van der Waals surface area contributed by atoms with Crippen LogP contribution in [0.5, 0.6) is 0 Å². The first-order valence-electron chi connectivity index (χ1n) is 8.17. The summed E-state index contributed by atoms with van der Waals surface area (Å²) in [5.74, 6) is -0.391. The lowest BCUT2D eigenvalue weighted by Crippen LogP contribution is -2.29. The van der Waals surface area contributed by atoms with Crippen molar-refractivity contribution in [2.24, 2.45) is 0 Å². The van der Waals surface area contributed by atoms with E-state index in [-0.39, 0.29) is 17.1 Å². The number of fused-ring (bicyclic) bond motifs is 3. The number of aryl methyl sites for hydroxylation is 1. The summed E-state index contributed by atoms with van der Waals surface area (Å²) in [6, 6.07) is 13.9. The summed E-state index contributed by atoms with van der Waals surface area (Å²) in [6.45, 7) is 1.66. The Labute approximate surface area is 163 Å². The third kappa shape index (κ3) is 3.07. The number of benzene rings is 2. The third-order valence-corrected chi connectivity index (χ3v) is 5.04. The van der Waals surface area contributed by atoms with Crippen molar-refractivity contribution in [3.8, 4) is 0 Å². The molecule has 0 aliphatic heterocycles. The van der Waals surface area contributed by atoms with Gasteiger partial charge < -0.3 is 5.32 Å². The van der Waals surface area contributed by atoms with Crippen LogP contribution in [0.1, 0.15) is 5.69 Å². The van der Waals surface area contributed by atoms with Crippen LogP contribution in [0.2, 0.25) is 10.0 Å². The molecule has 0 aliphatic carbocycles. The molecule has 4 aromatic rings. The van der Waals surface area contributed by atoms with Gasteiger partial charge in [0.05, 0.1) is 32.3 Å². The number of nitrogens with zero attached hydrogens (tertiary/aromatic N) is 3. The van der Waals surface area contributed by atoms with Crippen molar-refractivity contribution in [3.05, 3.63) is 74.6 Å². The van der Waals surface area contributed by atoms with Crippen molar-refractivity contribution in [1.29, 1.82) is 0 Å². The number of hydrogen-bond acceptors (Lipinski definition) is 3. The molecule has 0 unspecified atom stereocenters. The molecule has 1 amide bonds. The predicted octanol–water partition coefficient (Wildman–Crippen LogP) is 3.90. The molecule has 0 spiro atoms. The zero-order valence-electron chi connectivity index (χ0n) is 14.2. The van der Waals surface area contributed by atoms with E-state index in [9.17, 15) is 9.59 Å². The van der Waals surface area contributed by atoms with Gasteiger partial charge in [0.1, 0.15) is 12.2 Å². The maximum Gasteiger partial charge on any atom is 0.262 e. The van der Waals surface area contributed by atoms with Gasteiger partial charge in [0.25, 0.3) is 5.56 Å². The van der Waals surface area contributed by atoms with E-state index in [2.05, 4.69) is 10.4 Å². The minimum Gasteiger partial charge on any atom is -0.323 e. The second-order valence-electron chi connectivity index (χ2n) is 6.11. The Balaban J connectivity index is 1.79. The van der Waals surface area contributed by atoms with Gasteiger partial charge in [-0.25, -0.2) is 4.52 Å². The van der Waals surface area contributed by atoms with Gasteiger partial charge in [-0.1, -0.05) is 41.4 Å². The smallest absolute Gasteiger partial charge is 0.262 e. The molecular weight excluding hydrogens is 387 g/mol. The first-order valence-corrected chi connectivity index (χ1v) is 8.93. The fraction of sp³-hybridized carbons (Fsp3) is 0.105. The molecule has 0 atom stereocenters. The molecule has 2 aromatic heterocycles.